The second-order valence-corrected chi connectivity index (χ2v) is 10.4. The number of benzene rings is 2. The van der Waals surface area contributed by atoms with Crippen LogP contribution < -0.4 is 15.8 Å². The number of pyridine rings is 1. The first kappa shape index (κ1) is 32.1. The fourth-order valence-electron chi connectivity index (χ4n) is 5.17. The summed E-state index contributed by atoms with van der Waals surface area (Å²) in [6.07, 6.45) is 5.39. The molecule has 232 valence electrons. The lowest BCUT2D eigenvalue weighted by molar-refractivity contribution is -0.152. The summed E-state index contributed by atoms with van der Waals surface area (Å²) >= 11 is 0. The Morgan fingerprint density at radius 3 is 2.68 bits per heavy atom. The highest BCUT2D eigenvalue weighted by Crippen LogP contribution is 2.35. The van der Waals surface area contributed by atoms with Crippen LogP contribution in [0.25, 0.3) is 10.9 Å². The molecule has 2 aromatic carbocycles. The number of likely N-dealkylation sites (tertiary alicyclic amines) is 1. The predicted molar refractivity (Wildman–Crippen MR) is 161 cm³/mol. The monoisotopic (exact) mass is 605 g/mol. The molecule has 0 bridgehead atoms. The molecule has 1 spiro atoms. The topological polar surface area (TPSA) is 149 Å². The third-order valence-corrected chi connectivity index (χ3v) is 7.11. The van der Waals surface area contributed by atoms with Crippen LogP contribution in [0.15, 0.2) is 67.0 Å². The van der Waals surface area contributed by atoms with E-state index in [1.807, 2.05) is 43.0 Å². The summed E-state index contributed by atoms with van der Waals surface area (Å²) < 4.78 is 31.2. The van der Waals surface area contributed by atoms with Crippen molar-refractivity contribution in [2.24, 2.45) is 5.73 Å². The molecule has 2 aliphatic heterocycles. The lowest BCUT2D eigenvalue weighted by Gasteiger charge is -2.23. The number of halogens is 1. The van der Waals surface area contributed by atoms with E-state index in [4.69, 9.17) is 19.0 Å². The van der Waals surface area contributed by atoms with Gasteiger partial charge in [-0.25, -0.2) is 4.39 Å². The third-order valence-electron chi connectivity index (χ3n) is 7.11. The minimum Gasteiger partial charge on any atom is -0.454 e. The van der Waals surface area contributed by atoms with E-state index < -0.39 is 11.6 Å². The smallest absolute Gasteiger partial charge is 0.227 e. The quantitative estimate of drug-likeness (QED) is 0.272. The van der Waals surface area contributed by atoms with Crippen molar-refractivity contribution in [2.75, 3.05) is 19.8 Å². The van der Waals surface area contributed by atoms with Crippen LogP contribution in [0.1, 0.15) is 30.2 Å². The number of rotatable bonds is 7. The van der Waals surface area contributed by atoms with E-state index >= 15 is 0 Å². The Morgan fingerprint density at radius 2 is 1.98 bits per heavy atom. The number of nitrogens with one attached hydrogen (secondary N) is 2. The lowest BCUT2D eigenvalue weighted by Crippen LogP contribution is -2.38. The number of aromatic nitrogens is 2. The summed E-state index contributed by atoms with van der Waals surface area (Å²) in [6.45, 7) is 5.96. The first-order valence-electron chi connectivity index (χ1n) is 14.1. The Kier molecular flexibility index (Phi) is 11.0. The number of H-pyrrole nitrogens is 1. The molecule has 44 heavy (non-hydrogen) atoms. The minimum atomic E-state index is -0.636. The molecule has 3 amide bonds. The molecule has 2 saturated heterocycles. The number of carbonyl (C=O) groups excluding carboxylic acids is 3. The maximum atomic E-state index is 14.0. The SMILES string of the molecule is Cc1ccc(Oc2cccc(CC(=O)N3CC4(CC3C)OCCO4)c2)c(F)c1.NC=O.O=CNCc1cc2cnccc2[nH]1. The molecule has 11 nitrogen and oxygen atoms in total. The summed E-state index contributed by atoms with van der Waals surface area (Å²) in [5.41, 5.74) is 7.83. The highest BCUT2D eigenvalue weighted by atomic mass is 19.1. The van der Waals surface area contributed by atoms with Crippen LogP contribution in [0.2, 0.25) is 0 Å². The third kappa shape index (κ3) is 8.39. The van der Waals surface area contributed by atoms with Gasteiger partial charge in [0.1, 0.15) is 5.75 Å². The number of aromatic amines is 1. The van der Waals surface area contributed by atoms with Crippen molar-refractivity contribution in [3.8, 4) is 11.5 Å². The van der Waals surface area contributed by atoms with Gasteiger partial charge in [0, 0.05) is 41.5 Å². The largest absolute Gasteiger partial charge is 0.454 e. The van der Waals surface area contributed by atoms with E-state index in [1.165, 1.54) is 6.07 Å². The van der Waals surface area contributed by atoms with Crippen LogP contribution in [0.5, 0.6) is 11.5 Å². The molecule has 2 aromatic heterocycles. The normalized spacial score (nSPS) is 16.4. The number of aryl methyl sites for hydroxylation is 1. The van der Waals surface area contributed by atoms with E-state index in [1.54, 1.807) is 36.7 Å². The Morgan fingerprint density at radius 1 is 1.20 bits per heavy atom. The summed E-state index contributed by atoms with van der Waals surface area (Å²) in [5, 5.41) is 3.65. The van der Waals surface area contributed by atoms with Gasteiger partial charge in [0.15, 0.2) is 17.4 Å². The van der Waals surface area contributed by atoms with Gasteiger partial charge in [-0.05, 0) is 61.4 Å². The molecule has 2 aliphatic rings. The lowest BCUT2D eigenvalue weighted by atomic mass is 10.1. The van der Waals surface area contributed by atoms with Gasteiger partial charge in [0.2, 0.25) is 18.7 Å². The second-order valence-electron chi connectivity index (χ2n) is 10.4. The number of amides is 3. The fourth-order valence-corrected chi connectivity index (χ4v) is 5.17. The maximum absolute atomic E-state index is 14.0. The standard InChI is InChI=1S/C22H24FNO4.C9H9N3O.CH3NO/c1-15-6-7-20(19(23)10-15)28-18-5-3-4-17(11-18)12-21(25)24-14-22(13-16(24)2)26-8-9-27-22;13-6-11-5-8-3-7-4-10-2-1-9(7)12-8;2-1-3/h3-7,10-11,16H,8-9,12-14H2,1-2H3;1-4,6,12H,5H2,(H,11,13);1H,(H2,2,3). The van der Waals surface area contributed by atoms with Crippen molar-refractivity contribution in [1.29, 1.82) is 0 Å². The molecular formula is C32H36FN5O6. The first-order chi connectivity index (χ1) is 21.3. The molecule has 12 heteroatoms. The van der Waals surface area contributed by atoms with Crippen molar-refractivity contribution >= 4 is 29.6 Å². The Hall–Kier alpha value is -4.81. The molecule has 2 fully saturated rings. The number of nitrogens with zero attached hydrogens (tertiary/aromatic N) is 2. The van der Waals surface area contributed by atoms with Gasteiger partial charge in [-0.2, -0.15) is 0 Å². The van der Waals surface area contributed by atoms with Crippen LogP contribution in [0.3, 0.4) is 0 Å². The number of carbonyl (C=O) groups is 3. The zero-order valence-corrected chi connectivity index (χ0v) is 24.6. The Labute approximate surface area is 254 Å². The Bertz CT molecular complexity index is 1540. The number of fused-ring (bicyclic) bond motifs is 1. The molecule has 0 radical (unpaired) electrons. The zero-order valence-electron chi connectivity index (χ0n) is 24.6. The van der Waals surface area contributed by atoms with Crippen LogP contribution in [-0.2, 0) is 36.8 Å². The summed E-state index contributed by atoms with van der Waals surface area (Å²) in [4.78, 5) is 40.5. The molecule has 4 N–H and O–H groups in total. The summed E-state index contributed by atoms with van der Waals surface area (Å²) in [7, 11) is 0. The number of nitrogens with two attached hydrogens (primary N) is 1. The van der Waals surface area contributed by atoms with Crippen LogP contribution in [0.4, 0.5) is 4.39 Å². The number of ether oxygens (including phenoxy) is 3. The van der Waals surface area contributed by atoms with Gasteiger partial charge < -0.3 is 35.1 Å². The summed E-state index contributed by atoms with van der Waals surface area (Å²) in [5.74, 6) is -0.360. The molecule has 1 atom stereocenters. The van der Waals surface area contributed by atoms with Crippen LogP contribution >= 0.6 is 0 Å². The minimum absolute atomic E-state index is 0.0159. The molecule has 6 rings (SSSR count). The molecular weight excluding hydrogens is 569 g/mol. The first-order valence-corrected chi connectivity index (χ1v) is 14.1. The Balaban J connectivity index is 0.000000229. The van der Waals surface area contributed by atoms with Crippen molar-refractivity contribution in [2.45, 2.75) is 45.1 Å². The van der Waals surface area contributed by atoms with Gasteiger partial charge in [0.05, 0.1) is 32.7 Å². The second kappa shape index (κ2) is 15.1. The van der Waals surface area contributed by atoms with Crippen molar-refractivity contribution in [3.05, 3.63) is 89.6 Å². The molecule has 1 unspecified atom stereocenters. The predicted octanol–water partition coefficient (Wildman–Crippen LogP) is 3.74. The van der Waals surface area contributed by atoms with Gasteiger partial charge in [-0.3, -0.25) is 19.4 Å². The fraction of sp³-hybridized carbons (Fsp3) is 0.312. The number of primary amides is 1. The molecule has 0 aliphatic carbocycles. The molecule has 4 aromatic rings. The number of hydrogen-bond acceptors (Lipinski definition) is 7. The van der Waals surface area contributed by atoms with Crippen LogP contribution in [-0.4, -0.2) is 65.2 Å². The van der Waals surface area contributed by atoms with Crippen LogP contribution in [0, 0.1) is 12.7 Å². The van der Waals surface area contributed by atoms with Gasteiger partial charge in [0.25, 0.3) is 0 Å². The van der Waals surface area contributed by atoms with E-state index in [2.05, 4.69) is 21.0 Å². The maximum Gasteiger partial charge on any atom is 0.227 e. The average molecular weight is 606 g/mol. The van der Waals surface area contributed by atoms with Gasteiger partial charge in [-0.15, -0.1) is 0 Å². The van der Waals surface area contributed by atoms with Gasteiger partial charge >= 0.3 is 0 Å². The molecule has 4 heterocycles. The van der Waals surface area contributed by atoms with E-state index in [-0.39, 0.29) is 30.5 Å². The highest BCUT2D eigenvalue weighted by Gasteiger charge is 2.48. The van der Waals surface area contributed by atoms with Crippen molar-refractivity contribution < 1.29 is 33.0 Å². The van der Waals surface area contributed by atoms with Crippen molar-refractivity contribution in [1.82, 2.24) is 20.2 Å². The highest BCUT2D eigenvalue weighted by molar-refractivity contribution is 5.80. The van der Waals surface area contributed by atoms with E-state index in [9.17, 15) is 14.0 Å². The molecule has 0 saturated carbocycles. The average Bonchev–Trinajstić information content (AvgIpc) is 3.72. The van der Waals surface area contributed by atoms with E-state index in [0.717, 1.165) is 27.7 Å². The van der Waals surface area contributed by atoms with E-state index in [0.29, 0.717) is 44.9 Å². The van der Waals surface area contributed by atoms with Gasteiger partial charge in [-0.1, -0.05) is 18.2 Å². The summed E-state index contributed by atoms with van der Waals surface area (Å²) in [6, 6.07) is 16.0. The van der Waals surface area contributed by atoms with Crippen molar-refractivity contribution in [3.63, 3.8) is 0 Å². The zero-order chi connectivity index (χ0) is 31.5. The number of hydrogen-bond donors (Lipinski definition) is 3.